The van der Waals surface area contributed by atoms with Crippen LogP contribution in [0.3, 0.4) is 0 Å². The van der Waals surface area contributed by atoms with E-state index in [4.69, 9.17) is 4.74 Å². The van der Waals surface area contributed by atoms with Crippen LogP contribution in [0.25, 0.3) is 10.9 Å². The number of carbonyl (C=O) groups is 1. The number of carboxylic acid groups (broad SMARTS) is 1. The molecule has 35 heavy (non-hydrogen) atoms. The second-order valence-electron chi connectivity index (χ2n) is 9.61. The van der Waals surface area contributed by atoms with Gasteiger partial charge in [0.2, 0.25) is 0 Å². The van der Waals surface area contributed by atoms with Crippen LogP contribution in [0.15, 0.2) is 47.3 Å². The van der Waals surface area contributed by atoms with Gasteiger partial charge >= 0.3 is 5.97 Å². The monoisotopic (exact) mass is 498 g/mol. The van der Waals surface area contributed by atoms with Gasteiger partial charge in [0.05, 0.1) is 12.6 Å². The molecule has 0 aliphatic carbocycles. The molecule has 3 aromatic rings. The van der Waals surface area contributed by atoms with Gasteiger partial charge in [0, 0.05) is 24.5 Å². The highest BCUT2D eigenvalue weighted by molar-refractivity contribution is 7.07. The average Bonchev–Trinajstić information content (AvgIpc) is 3.39. The predicted octanol–water partition coefficient (Wildman–Crippen LogP) is 6.53. The van der Waals surface area contributed by atoms with Crippen LogP contribution < -0.4 is 4.74 Å². The summed E-state index contributed by atoms with van der Waals surface area (Å²) in [5.41, 5.74) is 2.81. The molecule has 188 valence electrons. The first kappa shape index (κ1) is 25.6. The first-order valence-electron chi connectivity index (χ1n) is 12.6. The van der Waals surface area contributed by atoms with E-state index < -0.39 is 12.1 Å². The maximum Gasteiger partial charge on any atom is 0.303 e. The minimum absolute atomic E-state index is 0.178. The van der Waals surface area contributed by atoms with Crippen molar-refractivity contribution in [2.24, 2.45) is 11.8 Å². The Morgan fingerprint density at radius 1 is 1.29 bits per heavy atom. The highest BCUT2D eigenvalue weighted by atomic mass is 32.1. The molecule has 5 nitrogen and oxygen atoms in total. The average molecular weight is 499 g/mol. The van der Waals surface area contributed by atoms with Crippen LogP contribution in [0.1, 0.15) is 55.8 Å². The number of ether oxygens (including phenoxy) is 1. The fourth-order valence-electron chi connectivity index (χ4n) is 5.38. The molecule has 1 aromatic carbocycles. The van der Waals surface area contributed by atoms with Gasteiger partial charge in [-0.2, -0.15) is 11.3 Å². The van der Waals surface area contributed by atoms with E-state index in [-0.39, 0.29) is 6.42 Å². The molecule has 0 bridgehead atoms. The van der Waals surface area contributed by atoms with Gasteiger partial charge in [-0.05, 0) is 116 Å². The Balaban J connectivity index is 1.36. The normalized spacial score (nSPS) is 19.6. The highest BCUT2D eigenvalue weighted by Crippen LogP contribution is 2.36. The van der Waals surface area contributed by atoms with Crippen LogP contribution in [0.4, 0.5) is 4.39 Å². The van der Waals surface area contributed by atoms with Gasteiger partial charge in [-0.25, -0.2) is 4.39 Å². The second kappa shape index (κ2) is 12.5. The number of hydrogen-bond donors (Lipinski definition) is 1. The van der Waals surface area contributed by atoms with Gasteiger partial charge in [-0.15, -0.1) is 0 Å². The Kier molecular flexibility index (Phi) is 9.10. The number of carboxylic acids is 1. The Morgan fingerprint density at radius 3 is 2.94 bits per heavy atom. The van der Waals surface area contributed by atoms with Crippen molar-refractivity contribution in [1.82, 2.24) is 9.88 Å². The quantitative estimate of drug-likeness (QED) is 0.308. The zero-order valence-electron chi connectivity index (χ0n) is 20.4. The zero-order chi connectivity index (χ0) is 24.6. The zero-order valence-corrected chi connectivity index (χ0v) is 21.2. The number of halogens is 1. The predicted molar refractivity (Wildman–Crippen MR) is 139 cm³/mol. The molecule has 7 heteroatoms. The second-order valence-corrected chi connectivity index (χ2v) is 10.4. The standard InChI is InChI=1S/C28H35FN2O3S/c1-34-23-6-8-27-25(17-23)24(10-13-30-27)26(29)7-4-21-11-15-31(18-22(21)5-9-28(32)33)14-2-3-20-12-16-35-19-20/h6,8,10,12-13,16-17,19,21-22,26H,2-5,7,9,11,14-15,18H2,1H3,(H,32,33)/t21-,22+,26?/m1/s1. The number of thiophene rings is 1. The number of rotatable bonds is 12. The molecule has 1 aliphatic rings. The van der Waals surface area contributed by atoms with Gasteiger partial charge < -0.3 is 14.7 Å². The fourth-order valence-corrected chi connectivity index (χ4v) is 6.08. The third-order valence-electron chi connectivity index (χ3n) is 7.34. The van der Waals surface area contributed by atoms with Crippen molar-refractivity contribution in [1.29, 1.82) is 0 Å². The molecule has 4 rings (SSSR count). The van der Waals surface area contributed by atoms with E-state index in [2.05, 4.69) is 26.7 Å². The molecule has 2 aromatic heterocycles. The Morgan fingerprint density at radius 2 is 2.17 bits per heavy atom. The number of piperidine rings is 1. The van der Waals surface area contributed by atoms with Crippen molar-refractivity contribution in [2.75, 3.05) is 26.7 Å². The van der Waals surface area contributed by atoms with Crippen molar-refractivity contribution in [2.45, 2.75) is 51.1 Å². The minimum atomic E-state index is -1.09. The lowest BCUT2D eigenvalue weighted by Gasteiger charge is -2.39. The van der Waals surface area contributed by atoms with Gasteiger partial charge in [-0.1, -0.05) is 0 Å². The summed E-state index contributed by atoms with van der Waals surface area (Å²) in [6.07, 6.45) is 5.81. The van der Waals surface area contributed by atoms with E-state index in [1.54, 1.807) is 30.7 Å². The van der Waals surface area contributed by atoms with Gasteiger partial charge in [0.1, 0.15) is 11.9 Å². The summed E-state index contributed by atoms with van der Waals surface area (Å²) in [5.74, 6) is 0.587. The first-order chi connectivity index (χ1) is 17.0. The molecule has 3 heterocycles. The number of methoxy groups -OCH3 is 1. The first-order valence-corrected chi connectivity index (χ1v) is 13.5. The molecule has 1 N–H and O–H groups in total. The number of pyridine rings is 1. The lowest BCUT2D eigenvalue weighted by molar-refractivity contribution is -0.137. The van der Waals surface area contributed by atoms with E-state index >= 15 is 4.39 Å². The van der Waals surface area contributed by atoms with Gasteiger partial charge in [0.25, 0.3) is 0 Å². The van der Waals surface area contributed by atoms with Crippen molar-refractivity contribution in [3.8, 4) is 5.75 Å². The number of likely N-dealkylation sites (tertiary alicyclic amines) is 1. The SMILES string of the molecule is COc1ccc2nccc(C(F)CC[C@@H]3CCN(CCCc4ccsc4)C[C@@H]3CCC(=O)O)c2c1. The lowest BCUT2D eigenvalue weighted by Crippen LogP contribution is -2.41. The minimum Gasteiger partial charge on any atom is -0.497 e. The van der Waals surface area contributed by atoms with Crippen molar-refractivity contribution < 1.29 is 19.0 Å². The molecule has 0 radical (unpaired) electrons. The number of aryl methyl sites for hydroxylation is 1. The molecule has 1 aliphatic heterocycles. The number of aliphatic carboxylic acids is 1. The van der Waals surface area contributed by atoms with Crippen LogP contribution in [0.5, 0.6) is 5.75 Å². The number of aromatic nitrogens is 1. The van der Waals surface area contributed by atoms with E-state index in [0.29, 0.717) is 36.0 Å². The number of alkyl halides is 1. The molecule has 0 spiro atoms. The molecular weight excluding hydrogens is 463 g/mol. The lowest BCUT2D eigenvalue weighted by atomic mass is 9.79. The van der Waals surface area contributed by atoms with Crippen molar-refractivity contribution >= 4 is 28.2 Å². The summed E-state index contributed by atoms with van der Waals surface area (Å²) in [5, 5.41) is 14.4. The number of benzene rings is 1. The van der Waals surface area contributed by atoms with Crippen LogP contribution in [-0.4, -0.2) is 47.7 Å². The smallest absolute Gasteiger partial charge is 0.303 e. The van der Waals surface area contributed by atoms with Crippen LogP contribution in [0, 0.1) is 11.8 Å². The third kappa shape index (κ3) is 7.01. The molecule has 1 unspecified atom stereocenters. The summed E-state index contributed by atoms with van der Waals surface area (Å²) in [7, 11) is 1.61. The van der Waals surface area contributed by atoms with Crippen molar-refractivity contribution in [3.05, 3.63) is 58.4 Å². The van der Waals surface area contributed by atoms with E-state index in [1.807, 2.05) is 18.2 Å². The summed E-state index contributed by atoms with van der Waals surface area (Å²) >= 11 is 1.73. The Labute approximate surface area is 210 Å². The fraction of sp³-hybridized carbons (Fsp3) is 0.500. The summed E-state index contributed by atoms with van der Waals surface area (Å²) < 4.78 is 20.8. The van der Waals surface area contributed by atoms with Crippen LogP contribution >= 0.6 is 11.3 Å². The molecular formula is C28H35FN2O3S. The number of hydrogen-bond acceptors (Lipinski definition) is 5. The van der Waals surface area contributed by atoms with E-state index in [1.165, 1.54) is 5.56 Å². The highest BCUT2D eigenvalue weighted by Gasteiger charge is 2.30. The number of fused-ring (bicyclic) bond motifs is 1. The Hall–Kier alpha value is -2.51. The van der Waals surface area contributed by atoms with Gasteiger partial charge in [0.15, 0.2) is 0 Å². The van der Waals surface area contributed by atoms with E-state index in [9.17, 15) is 9.90 Å². The molecule has 0 amide bonds. The molecule has 1 saturated heterocycles. The summed E-state index contributed by atoms with van der Waals surface area (Å²) in [4.78, 5) is 18.1. The largest absolute Gasteiger partial charge is 0.497 e. The molecule has 0 saturated carbocycles. The summed E-state index contributed by atoms with van der Waals surface area (Å²) in [6.45, 7) is 2.95. The maximum atomic E-state index is 15.5. The van der Waals surface area contributed by atoms with E-state index in [0.717, 1.165) is 56.2 Å². The molecule has 3 atom stereocenters. The summed E-state index contributed by atoms with van der Waals surface area (Å²) in [6, 6.07) is 9.51. The van der Waals surface area contributed by atoms with Crippen LogP contribution in [-0.2, 0) is 11.2 Å². The molecule has 1 fully saturated rings. The van der Waals surface area contributed by atoms with Crippen molar-refractivity contribution in [3.63, 3.8) is 0 Å². The third-order valence-corrected chi connectivity index (χ3v) is 8.07. The van der Waals surface area contributed by atoms with Crippen LogP contribution in [0.2, 0.25) is 0 Å². The number of nitrogens with zero attached hydrogens (tertiary/aromatic N) is 2. The van der Waals surface area contributed by atoms with Gasteiger partial charge in [-0.3, -0.25) is 9.78 Å². The maximum absolute atomic E-state index is 15.5. The Bertz CT molecular complexity index is 1090. The topological polar surface area (TPSA) is 62.7 Å².